The van der Waals surface area contributed by atoms with E-state index in [9.17, 15) is 18.0 Å². The molecule has 0 saturated heterocycles. The standard InChI is InChI=1S/C10H9BrF3NO2/c1-2-17-7(16)3-5-6(12)4-15-9(11)8(5)10(13)14/h4,10H,2-3H2,1H3. The third kappa shape index (κ3) is 3.42. The van der Waals surface area contributed by atoms with Crippen molar-refractivity contribution in [2.45, 2.75) is 19.8 Å². The van der Waals surface area contributed by atoms with Crippen LogP contribution >= 0.6 is 15.9 Å². The molecule has 17 heavy (non-hydrogen) atoms. The van der Waals surface area contributed by atoms with E-state index in [4.69, 9.17) is 0 Å². The second kappa shape index (κ2) is 6.00. The molecule has 94 valence electrons. The van der Waals surface area contributed by atoms with Gasteiger partial charge in [0.25, 0.3) is 6.43 Å². The number of aromatic nitrogens is 1. The van der Waals surface area contributed by atoms with Gasteiger partial charge in [0, 0.05) is 5.56 Å². The molecule has 0 N–H and O–H groups in total. The lowest BCUT2D eigenvalue weighted by Gasteiger charge is -2.10. The van der Waals surface area contributed by atoms with Gasteiger partial charge in [-0.25, -0.2) is 18.2 Å². The van der Waals surface area contributed by atoms with E-state index in [1.165, 1.54) is 0 Å². The van der Waals surface area contributed by atoms with Gasteiger partial charge in [0.05, 0.1) is 24.8 Å². The van der Waals surface area contributed by atoms with Crippen molar-refractivity contribution in [1.29, 1.82) is 0 Å². The van der Waals surface area contributed by atoms with Crippen LogP contribution in [-0.4, -0.2) is 17.6 Å². The highest BCUT2D eigenvalue weighted by Gasteiger charge is 2.23. The SMILES string of the molecule is CCOC(=O)Cc1c(F)cnc(Br)c1C(F)F. The third-order valence-corrected chi connectivity index (χ3v) is 2.60. The normalized spacial score (nSPS) is 10.7. The van der Waals surface area contributed by atoms with Crippen LogP contribution in [0.4, 0.5) is 13.2 Å². The lowest BCUT2D eigenvalue weighted by atomic mass is 10.1. The van der Waals surface area contributed by atoms with Gasteiger partial charge >= 0.3 is 5.97 Å². The first kappa shape index (κ1) is 14.0. The van der Waals surface area contributed by atoms with E-state index in [0.717, 1.165) is 6.20 Å². The molecule has 0 amide bonds. The van der Waals surface area contributed by atoms with E-state index in [0.29, 0.717) is 0 Å². The molecule has 1 rings (SSSR count). The Hall–Kier alpha value is -1.11. The van der Waals surface area contributed by atoms with Gasteiger partial charge in [-0.2, -0.15) is 0 Å². The number of carbonyl (C=O) groups excluding carboxylic acids is 1. The summed E-state index contributed by atoms with van der Waals surface area (Å²) in [6.07, 6.45) is -2.68. The quantitative estimate of drug-likeness (QED) is 0.634. The van der Waals surface area contributed by atoms with Gasteiger partial charge in [-0.15, -0.1) is 0 Å². The molecule has 0 aromatic carbocycles. The predicted molar refractivity (Wildman–Crippen MR) is 57.2 cm³/mol. The Morgan fingerprint density at radius 2 is 2.24 bits per heavy atom. The van der Waals surface area contributed by atoms with Crippen molar-refractivity contribution in [2.24, 2.45) is 0 Å². The zero-order valence-electron chi connectivity index (χ0n) is 8.84. The molecule has 7 heteroatoms. The van der Waals surface area contributed by atoms with Crippen molar-refractivity contribution >= 4 is 21.9 Å². The summed E-state index contributed by atoms with van der Waals surface area (Å²) in [5.74, 6) is -1.71. The molecule has 1 aromatic heterocycles. The highest BCUT2D eigenvalue weighted by molar-refractivity contribution is 9.10. The van der Waals surface area contributed by atoms with Gasteiger partial charge in [0.15, 0.2) is 0 Å². The van der Waals surface area contributed by atoms with Crippen molar-refractivity contribution in [3.05, 3.63) is 27.7 Å². The summed E-state index contributed by atoms with van der Waals surface area (Å²) < 4.78 is 43.2. The number of pyridine rings is 1. The first-order chi connectivity index (χ1) is 7.97. The summed E-state index contributed by atoms with van der Waals surface area (Å²) in [5.41, 5.74) is -1.00. The van der Waals surface area contributed by atoms with E-state index in [2.05, 4.69) is 25.7 Å². The zero-order valence-corrected chi connectivity index (χ0v) is 10.4. The van der Waals surface area contributed by atoms with E-state index >= 15 is 0 Å². The van der Waals surface area contributed by atoms with Crippen LogP contribution in [0.25, 0.3) is 0 Å². The van der Waals surface area contributed by atoms with Gasteiger partial charge in [-0.1, -0.05) is 0 Å². The molecule has 0 aliphatic carbocycles. The number of halogens is 4. The number of carbonyl (C=O) groups is 1. The van der Waals surface area contributed by atoms with Gasteiger partial charge in [-0.05, 0) is 22.9 Å². The second-order valence-corrected chi connectivity index (χ2v) is 3.82. The lowest BCUT2D eigenvalue weighted by Crippen LogP contribution is -2.12. The number of nitrogens with zero attached hydrogens (tertiary/aromatic N) is 1. The van der Waals surface area contributed by atoms with Crippen molar-refractivity contribution in [1.82, 2.24) is 4.98 Å². The summed E-state index contributed by atoms with van der Waals surface area (Å²) in [6, 6.07) is 0. The molecular formula is C10H9BrF3NO2. The molecule has 0 fully saturated rings. The van der Waals surface area contributed by atoms with E-state index in [-0.39, 0.29) is 16.8 Å². The number of esters is 1. The minimum Gasteiger partial charge on any atom is -0.466 e. The van der Waals surface area contributed by atoms with Crippen molar-refractivity contribution in [3.8, 4) is 0 Å². The Morgan fingerprint density at radius 3 is 2.76 bits per heavy atom. The molecule has 0 radical (unpaired) electrons. The maximum Gasteiger partial charge on any atom is 0.310 e. The number of hydrogen-bond acceptors (Lipinski definition) is 3. The Balaban J connectivity index is 3.12. The molecule has 0 bridgehead atoms. The fourth-order valence-corrected chi connectivity index (χ4v) is 1.79. The van der Waals surface area contributed by atoms with Crippen LogP contribution in [0.2, 0.25) is 0 Å². The molecule has 1 heterocycles. The molecule has 0 atom stereocenters. The number of hydrogen-bond donors (Lipinski definition) is 0. The smallest absolute Gasteiger partial charge is 0.310 e. The molecule has 0 spiro atoms. The first-order valence-corrected chi connectivity index (χ1v) is 5.53. The highest BCUT2D eigenvalue weighted by atomic mass is 79.9. The maximum atomic E-state index is 13.4. The van der Waals surface area contributed by atoms with Gasteiger partial charge < -0.3 is 4.74 Å². The average Bonchev–Trinajstić information content (AvgIpc) is 2.23. The molecular weight excluding hydrogens is 303 g/mol. The largest absolute Gasteiger partial charge is 0.466 e. The monoisotopic (exact) mass is 311 g/mol. The van der Waals surface area contributed by atoms with E-state index in [1.807, 2.05) is 0 Å². The summed E-state index contributed by atoms with van der Waals surface area (Å²) in [5, 5.41) is 0. The highest BCUT2D eigenvalue weighted by Crippen LogP contribution is 2.30. The van der Waals surface area contributed by atoms with Crippen LogP contribution in [0.1, 0.15) is 24.5 Å². The average molecular weight is 312 g/mol. The minimum absolute atomic E-state index is 0.108. The van der Waals surface area contributed by atoms with Crippen LogP contribution in [0, 0.1) is 5.82 Å². The molecule has 0 aliphatic rings. The van der Waals surface area contributed by atoms with Crippen LogP contribution < -0.4 is 0 Å². The van der Waals surface area contributed by atoms with Crippen LogP contribution in [0.15, 0.2) is 10.8 Å². The van der Waals surface area contributed by atoms with E-state index < -0.39 is 30.2 Å². The lowest BCUT2D eigenvalue weighted by molar-refractivity contribution is -0.142. The molecule has 3 nitrogen and oxygen atoms in total. The number of rotatable bonds is 4. The zero-order chi connectivity index (χ0) is 13.0. The van der Waals surface area contributed by atoms with Crippen LogP contribution in [-0.2, 0) is 16.0 Å². The number of alkyl halides is 2. The minimum atomic E-state index is -2.92. The van der Waals surface area contributed by atoms with E-state index in [1.54, 1.807) is 6.92 Å². The Morgan fingerprint density at radius 1 is 1.59 bits per heavy atom. The van der Waals surface area contributed by atoms with Crippen LogP contribution in [0.5, 0.6) is 0 Å². The summed E-state index contributed by atoms with van der Waals surface area (Å²) >= 11 is 2.80. The second-order valence-electron chi connectivity index (χ2n) is 3.07. The Labute approximate surface area is 104 Å². The summed E-state index contributed by atoms with van der Waals surface area (Å²) in [6.45, 7) is 1.68. The fraction of sp³-hybridized carbons (Fsp3) is 0.400. The Kier molecular flexibility index (Phi) is 4.92. The van der Waals surface area contributed by atoms with Crippen LogP contribution in [0.3, 0.4) is 0 Å². The topological polar surface area (TPSA) is 39.2 Å². The van der Waals surface area contributed by atoms with Crippen molar-refractivity contribution in [3.63, 3.8) is 0 Å². The van der Waals surface area contributed by atoms with Crippen molar-refractivity contribution < 1.29 is 22.7 Å². The fourth-order valence-electron chi connectivity index (χ4n) is 1.27. The molecule has 0 unspecified atom stereocenters. The summed E-state index contributed by atoms with van der Waals surface area (Å²) in [4.78, 5) is 14.6. The summed E-state index contributed by atoms with van der Waals surface area (Å²) in [7, 11) is 0. The first-order valence-electron chi connectivity index (χ1n) is 4.73. The number of ether oxygens (including phenoxy) is 1. The third-order valence-electron chi connectivity index (χ3n) is 1.97. The Bertz CT molecular complexity index is 426. The van der Waals surface area contributed by atoms with Gasteiger partial charge in [-0.3, -0.25) is 4.79 Å². The molecule has 0 aliphatic heterocycles. The van der Waals surface area contributed by atoms with Crippen molar-refractivity contribution in [2.75, 3.05) is 6.61 Å². The molecule has 0 saturated carbocycles. The van der Waals surface area contributed by atoms with Gasteiger partial charge in [0.1, 0.15) is 10.4 Å². The maximum absolute atomic E-state index is 13.4. The molecule has 1 aromatic rings. The predicted octanol–water partition coefficient (Wildman–Crippen LogP) is 3.03. The van der Waals surface area contributed by atoms with Gasteiger partial charge in [0.2, 0.25) is 0 Å².